The Morgan fingerprint density at radius 2 is 1.79 bits per heavy atom. The van der Waals surface area contributed by atoms with Gasteiger partial charge in [-0.15, -0.1) is 0 Å². The molecule has 0 radical (unpaired) electrons. The van der Waals surface area contributed by atoms with E-state index >= 15 is 0 Å². The van der Waals surface area contributed by atoms with Crippen molar-refractivity contribution in [1.82, 2.24) is 15.1 Å². The Bertz CT molecular complexity index is 1100. The van der Waals surface area contributed by atoms with E-state index in [1.54, 1.807) is 13.0 Å². The van der Waals surface area contributed by atoms with E-state index in [9.17, 15) is 23.2 Å². The van der Waals surface area contributed by atoms with Crippen LogP contribution in [0.1, 0.15) is 97.8 Å². The molecular formula is C30H44F2N4O3. The molecule has 9 heteroatoms. The van der Waals surface area contributed by atoms with E-state index in [4.69, 9.17) is 5.26 Å². The lowest BCUT2D eigenvalue weighted by Gasteiger charge is -2.34. The number of nitriles is 1. The molecule has 0 bridgehead atoms. The summed E-state index contributed by atoms with van der Waals surface area (Å²) in [6.45, 7) is 18.0. The van der Waals surface area contributed by atoms with E-state index in [2.05, 4.69) is 58.1 Å². The maximum absolute atomic E-state index is 13.1. The Balaban J connectivity index is 0.000000260. The third kappa shape index (κ3) is 8.23. The minimum absolute atomic E-state index is 0.135. The standard InChI is InChI=1S/C18H27NO.C10H11F2N3O2.C2H6/c1-13(20)19-10-14-8-7-9-16(15(14)11-19)18(5,6)12-17(2,3)4;11-10(12)3-6(4-13)15(5-10)9(17)7-1-2-8(16)14-7;1-2/h7-9H,10-12H2,1-6H3;6-7H,1-3,5H2,(H,14,16);1-2H3. The third-order valence-corrected chi connectivity index (χ3v) is 7.13. The van der Waals surface area contributed by atoms with Crippen LogP contribution in [0.2, 0.25) is 0 Å². The second kappa shape index (κ2) is 12.4. The first-order valence-electron chi connectivity index (χ1n) is 13.8. The van der Waals surface area contributed by atoms with E-state index in [-0.39, 0.29) is 23.7 Å². The average Bonchev–Trinajstić information content (AvgIpc) is 3.54. The molecule has 216 valence electrons. The van der Waals surface area contributed by atoms with Crippen molar-refractivity contribution in [3.63, 3.8) is 0 Å². The van der Waals surface area contributed by atoms with Crippen molar-refractivity contribution < 1.29 is 23.2 Å². The van der Waals surface area contributed by atoms with E-state index in [1.165, 1.54) is 16.7 Å². The van der Waals surface area contributed by atoms with Crippen LogP contribution in [0, 0.1) is 16.7 Å². The number of amides is 3. The Kier molecular flexibility index (Phi) is 10.3. The van der Waals surface area contributed by atoms with Gasteiger partial charge in [0.05, 0.1) is 12.6 Å². The van der Waals surface area contributed by atoms with Gasteiger partial charge in [-0.1, -0.05) is 66.7 Å². The summed E-state index contributed by atoms with van der Waals surface area (Å²) in [6, 6.07) is 6.39. The monoisotopic (exact) mass is 546 g/mol. The topological polar surface area (TPSA) is 93.5 Å². The number of hydrogen-bond donors (Lipinski definition) is 1. The molecule has 2 saturated heterocycles. The molecule has 3 amide bonds. The van der Waals surface area contributed by atoms with Crippen LogP contribution in [-0.4, -0.2) is 52.1 Å². The third-order valence-electron chi connectivity index (χ3n) is 7.13. The van der Waals surface area contributed by atoms with Gasteiger partial charge in [0, 0.05) is 32.9 Å². The zero-order chi connectivity index (χ0) is 29.8. The molecule has 3 aliphatic rings. The van der Waals surface area contributed by atoms with E-state index in [1.807, 2.05) is 18.7 Å². The van der Waals surface area contributed by atoms with Crippen LogP contribution >= 0.6 is 0 Å². The van der Waals surface area contributed by atoms with Gasteiger partial charge in [0.2, 0.25) is 17.7 Å². The summed E-state index contributed by atoms with van der Waals surface area (Å²) in [6.07, 6.45) is 1.03. The van der Waals surface area contributed by atoms with Gasteiger partial charge in [-0.3, -0.25) is 14.4 Å². The number of likely N-dealkylation sites (tertiary alicyclic amines) is 1. The first-order valence-corrected chi connectivity index (χ1v) is 13.8. The number of nitrogens with zero attached hydrogens (tertiary/aromatic N) is 3. The molecule has 0 spiro atoms. The smallest absolute Gasteiger partial charge is 0.268 e. The summed E-state index contributed by atoms with van der Waals surface area (Å²) >= 11 is 0. The SMILES string of the molecule is CC.CC(=O)N1Cc2cccc(C(C)(C)CC(C)(C)C)c2C1.N#CC1CC(F)(F)CN1C(=O)C1CCC(=O)N1. The summed E-state index contributed by atoms with van der Waals surface area (Å²) < 4.78 is 26.2. The van der Waals surface area contributed by atoms with Gasteiger partial charge in [0.25, 0.3) is 5.92 Å². The predicted molar refractivity (Wildman–Crippen MR) is 147 cm³/mol. The van der Waals surface area contributed by atoms with Crippen molar-refractivity contribution in [2.24, 2.45) is 5.41 Å². The summed E-state index contributed by atoms with van der Waals surface area (Å²) in [5.41, 5.74) is 4.53. The summed E-state index contributed by atoms with van der Waals surface area (Å²) in [5.74, 6) is -3.69. The number of alkyl halides is 2. The maximum Gasteiger partial charge on any atom is 0.268 e. The number of nitrogens with one attached hydrogen (secondary N) is 1. The van der Waals surface area contributed by atoms with Crippen LogP contribution < -0.4 is 5.32 Å². The Morgan fingerprint density at radius 1 is 1.15 bits per heavy atom. The predicted octanol–water partition coefficient (Wildman–Crippen LogP) is 5.31. The van der Waals surface area contributed by atoms with Crippen molar-refractivity contribution in [3.8, 4) is 6.07 Å². The number of carbonyl (C=O) groups excluding carboxylic acids is 3. The van der Waals surface area contributed by atoms with Gasteiger partial charge in [-0.05, 0) is 40.4 Å². The molecule has 1 aromatic carbocycles. The van der Waals surface area contributed by atoms with Crippen LogP contribution in [-0.2, 0) is 32.9 Å². The van der Waals surface area contributed by atoms with Crippen LogP contribution in [0.5, 0.6) is 0 Å². The van der Waals surface area contributed by atoms with E-state index in [0.29, 0.717) is 11.8 Å². The Labute approximate surface area is 231 Å². The highest BCUT2D eigenvalue weighted by molar-refractivity contribution is 5.91. The number of fused-ring (bicyclic) bond motifs is 1. The summed E-state index contributed by atoms with van der Waals surface area (Å²) in [7, 11) is 0. The largest absolute Gasteiger partial charge is 0.344 e. The fraction of sp³-hybridized carbons (Fsp3) is 0.667. The van der Waals surface area contributed by atoms with Gasteiger partial charge in [0.1, 0.15) is 12.1 Å². The number of carbonyl (C=O) groups is 3. The molecule has 2 fully saturated rings. The second-order valence-electron chi connectivity index (χ2n) is 12.3. The lowest BCUT2D eigenvalue weighted by molar-refractivity contribution is -0.135. The van der Waals surface area contributed by atoms with Crippen LogP contribution in [0.4, 0.5) is 8.78 Å². The van der Waals surface area contributed by atoms with Gasteiger partial charge in [-0.2, -0.15) is 5.26 Å². The van der Waals surface area contributed by atoms with Gasteiger partial charge < -0.3 is 15.1 Å². The fourth-order valence-corrected chi connectivity index (χ4v) is 5.86. The maximum atomic E-state index is 13.1. The van der Waals surface area contributed by atoms with Crippen molar-refractivity contribution in [2.75, 3.05) is 6.54 Å². The molecule has 3 aliphatic heterocycles. The second-order valence-corrected chi connectivity index (χ2v) is 12.3. The molecule has 1 aromatic rings. The minimum Gasteiger partial charge on any atom is -0.344 e. The number of halogens is 2. The minimum atomic E-state index is -3.02. The molecule has 0 saturated carbocycles. The molecule has 0 aliphatic carbocycles. The normalized spacial score (nSPS) is 21.6. The number of rotatable bonds is 3. The fourth-order valence-electron chi connectivity index (χ4n) is 5.86. The lowest BCUT2D eigenvalue weighted by Crippen LogP contribution is -2.46. The van der Waals surface area contributed by atoms with Crippen LogP contribution in [0.3, 0.4) is 0 Å². The molecule has 1 N–H and O–H groups in total. The van der Waals surface area contributed by atoms with Crippen LogP contribution in [0.25, 0.3) is 0 Å². The van der Waals surface area contributed by atoms with Crippen molar-refractivity contribution in [3.05, 3.63) is 34.9 Å². The van der Waals surface area contributed by atoms with Gasteiger partial charge >= 0.3 is 0 Å². The molecule has 39 heavy (non-hydrogen) atoms. The summed E-state index contributed by atoms with van der Waals surface area (Å²) in [4.78, 5) is 37.3. The van der Waals surface area contributed by atoms with Crippen LogP contribution in [0.15, 0.2) is 18.2 Å². The molecule has 7 nitrogen and oxygen atoms in total. The zero-order valence-corrected chi connectivity index (χ0v) is 24.7. The van der Waals surface area contributed by atoms with Crippen molar-refractivity contribution in [2.45, 2.75) is 118 Å². The molecule has 2 unspecified atom stereocenters. The lowest BCUT2D eigenvalue weighted by atomic mass is 9.71. The average molecular weight is 547 g/mol. The first kappa shape index (κ1) is 32.2. The Morgan fingerprint density at radius 3 is 2.31 bits per heavy atom. The summed E-state index contributed by atoms with van der Waals surface area (Å²) in [5, 5.41) is 11.2. The van der Waals surface area contributed by atoms with Gasteiger partial charge in [0.15, 0.2) is 0 Å². The molecular weight excluding hydrogens is 502 g/mol. The molecule has 0 aromatic heterocycles. The number of benzene rings is 1. The first-order chi connectivity index (χ1) is 18.0. The van der Waals surface area contributed by atoms with Crippen molar-refractivity contribution in [1.29, 1.82) is 5.26 Å². The molecule has 2 atom stereocenters. The highest BCUT2D eigenvalue weighted by Gasteiger charge is 2.49. The quantitative estimate of drug-likeness (QED) is 0.556. The van der Waals surface area contributed by atoms with Crippen molar-refractivity contribution >= 4 is 17.7 Å². The van der Waals surface area contributed by atoms with Gasteiger partial charge in [-0.25, -0.2) is 8.78 Å². The van der Waals surface area contributed by atoms with E-state index < -0.39 is 36.9 Å². The highest BCUT2D eigenvalue weighted by Crippen LogP contribution is 2.40. The van der Waals surface area contributed by atoms with E-state index in [0.717, 1.165) is 24.4 Å². The molecule has 3 heterocycles. The number of hydrogen-bond acceptors (Lipinski definition) is 4. The highest BCUT2D eigenvalue weighted by atomic mass is 19.3. The Hall–Kier alpha value is -3.02. The zero-order valence-electron chi connectivity index (χ0n) is 24.7. The molecule has 4 rings (SSSR count).